The van der Waals surface area contributed by atoms with Crippen molar-refractivity contribution in [2.75, 3.05) is 13.2 Å². The maximum atomic E-state index is 14.2. The predicted octanol–water partition coefficient (Wildman–Crippen LogP) is 5.76. The van der Waals surface area contributed by atoms with Crippen LogP contribution in [0.2, 0.25) is 0 Å². The number of aromatic nitrogens is 1. The zero-order valence-corrected chi connectivity index (χ0v) is 19.9. The fraction of sp³-hybridized carbons (Fsp3) is 0.200. The molecule has 2 atom stereocenters. The smallest absolute Gasteiger partial charge is 0.207 e. The van der Waals surface area contributed by atoms with Crippen LogP contribution in [0.5, 0.6) is 0 Å². The molecule has 3 aromatic carbocycles. The van der Waals surface area contributed by atoms with Gasteiger partial charge in [0.2, 0.25) is 17.6 Å². The Morgan fingerprint density at radius 2 is 1.25 bits per heavy atom. The third-order valence-corrected chi connectivity index (χ3v) is 6.81. The number of ketones is 1. The Morgan fingerprint density at radius 3 is 1.83 bits per heavy atom. The molecule has 0 bridgehead atoms. The van der Waals surface area contributed by atoms with Gasteiger partial charge in [-0.15, -0.1) is 0 Å². The van der Waals surface area contributed by atoms with Crippen molar-refractivity contribution in [1.29, 1.82) is 0 Å². The van der Waals surface area contributed by atoms with Crippen LogP contribution in [0.4, 0.5) is 0 Å². The number of fused-ring (bicyclic) bond motifs is 1. The predicted molar refractivity (Wildman–Crippen MR) is 139 cm³/mol. The van der Waals surface area contributed by atoms with Gasteiger partial charge in [-0.1, -0.05) is 84.9 Å². The molecule has 3 heterocycles. The molecular weight excluding hydrogens is 450 g/mol. The first-order valence-corrected chi connectivity index (χ1v) is 12.1. The van der Waals surface area contributed by atoms with Crippen LogP contribution < -0.4 is 0 Å². The number of rotatable bonds is 6. The third kappa shape index (κ3) is 3.85. The second-order valence-corrected chi connectivity index (χ2v) is 9.19. The van der Waals surface area contributed by atoms with Crippen molar-refractivity contribution < 1.29 is 14.3 Å². The highest BCUT2D eigenvalue weighted by Gasteiger charge is 2.52. The molecule has 0 saturated heterocycles. The van der Waals surface area contributed by atoms with E-state index in [2.05, 4.69) is 4.98 Å². The minimum Gasteiger partial charge on any atom is -0.477 e. The van der Waals surface area contributed by atoms with Gasteiger partial charge in [-0.05, 0) is 30.2 Å². The summed E-state index contributed by atoms with van der Waals surface area (Å²) in [6.07, 6.45) is 0. The average Bonchev–Trinajstić information content (AvgIpc) is 3.64. The number of carbonyl (C=O) groups excluding carboxylic acids is 1. The van der Waals surface area contributed by atoms with Gasteiger partial charge in [0.05, 0.1) is 5.52 Å². The van der Waals surface area contributed by atoms with Gasteiger partial charge in [-0.2, -0.15) is 0 Å². The van der Waals surface area contributed by atoms with E-state index >= 15 is 0 Å². The summed E-state index contributed by atoms with van der Waals surface area (Å²) in [7, 11) is 0. The maximum absolute atomic E-state index is 14.2. The lowest BCUT2D eigenvalue weighted by Crippen LogP contribution is -2.44. The summed E-state index contributed by atoms with van der Waals surface area (Å²) in [6.45, 7) is 2.48. The van der Waals surface area contributed by atoms with Gasteiger partial charge in [-0.3, -0.25) is 4.79 Å². The summed E-state index contributed by atoms with van der Waals surface area (Å²) in [5, 5.41) is 0.966. The SMILES string of the molecule is CC(C(=O)c1ccc2ccccc2n1)(C1=N[C@@H](c2ccccc2)CO1)C1=N[C@@H](c2ccccc2)CO1. The molecule has 0 saturated carbocycles. The van der Waals surface area contributed by atoms with E-state index < -0.39 is 5.41 Å². The number of nitrogens with zero attached hydrogens (tertiary/aromatic N) is 3. The van der Waals surface area contributed by atoms with E-state index in [0.717, 1.165) is 22.0 Å². The fourth-order valence-electron chi connectivity index (χ4n) is 4.72. The van der Waals surface area contributed by atoms with Crippen molar-refractivity contribution in [3.05, 3.63) is 114 Å². The summed E-state index contributed by atoms with van der Waals surface area (Å²) in [5.41, 5.74) is 1.78. The molecule has 0 unspecified atom stereocenters. The number of para-hydroxylation sites is 1. The molecule has 0 radical (unpaired) electrons. The molecule has 6 heteroatoms. The van der Waals surface area contributed by atoms with Gasteiger partial charge in [-0.25, -0.2) is 15.0 Å². The normalized spacial score (nSPS) is 19.4. The first-order valence-electron chi connectivity index (χ1n) is 12.1. The molecule has 4 aromatic rings. The largest absolute Gasteiger partial charge is 0.477 e. The lowest BCUT2D eigenvalue weighted by atomic mass is 9.82. The van der Waals surface area contributed by atoms with E-state index in [0.29, 0.717) is 30.7 Å². The Kier molecular flexibility index (Phi) is 5.56. The quantitative estimate of drug-likeness (QED) is 0.332. The van der Waals surface area contributed by atoms with Crippen LogP contribution in [0.25, 0.3) is 10.9 Å². The molecule has 2 aliphatic heterocycles. The fourth-order valence-corrected chi connectivity index (χ4v) is 4.72. The zero-order valence-electron chi connectivity index (χ0n) is 19.9. The Balaban J connectivity index is 1.43. The molecule has 0 spiro atoms. The van der Waals surface area contributed by atoms with Crippen molar-refractivity contribution in [2.24, 2.45) is 15.4 Å². The van der Waals surface area contributed by atoms with Crippen LogP contribution in [0.1, 0.15) is 40.6 Å². The van der Waals surface area contributed by atoms with E-state index in [9.17, 15) is 4.79 Å². The van der Waals surface area contributed by atoms with Gasteiger partial charge in [0.1, 0.15) is 31.0 Å². The van der Waals surface area contributed by atoms with Crippen molar-refractivity contribution in [3.8, 4) is 0 Å². The van der Waals surface area contributed by atoms with Crippen LogP contribution in [0, 0.1) is 5.41 Å². The maximum Gasteiger partial charge on any atom is 0.207 e. The van der Waals surface area contributed by atoms with E-state index in [1.54, 1.807) is 13.0 Å². The molecule has 0 N–H and O–H groups in total. The Hall–Kier alpha value is -4.32. The van der Waals surface area contributed by atoms with Gasteiger partial charge in [0.25, 0.3) is 0 Å². The number of benzene rings is 3. The highest BCUT2D eigenvalue weighted by molar-refractivity contribution is 6.27. The Bertz CT molecular complexity index is 1420. The van der Waals surface area contributed by atoms with E-state index in [1.165, 1.54) is 0 Å². The molecular formula is C30H25N3O3. The number of Topliss-reactive ketones (excluding diaryl/α,β-unsaturated/α-hetero) is 1. The van der Waals surface area contributed by atoms with Crippen LogP contribution >= 0.6 is 0 Å². The van der Waals surface area contributed by atoms with Crippen molar-refractivity contribution >= 4 is 28.5 Å². The van der Waals surface area contributed by atoms with Gasteiger partial charge < -0.3 is 9.47 Å². The van der Waals surface area contributed by atoms with Gasteiger partial charge >= 0.3 is 0 Å². The summed E-state index contributed by atoms with van der Waals surface area (Å²) in [5.74, 6) is 0.362. The summed E-state index contributed by atoms with van der Waals surface area (Å²) >= 11 is 0. The van der Waals surface area contributed by atoms with Crippen LogP contribution in [-0.4, -0.2) is 35.8 Å². The highest BCUT2D eigenvalue weighted by Crippen LogP contribution is 2.38. The van der Waals surface area contributed by atoms with Gasteiger partial charge in [0.15, 0.2) is 5.41 Å². The van der Waals surface area contributed by atoms with Crippen LogP contribution in [0.3, 0.4) is 0 Å². The average molecular weight is 476 g/mol. The molecule has 1 aromatic heterocycles. The third-order valence-electron chi connectivity index (χ3n) is 6.81. The zero-order chi connectivity index (χ0) is 24.5. The number of aliphatic imine (C=N–C) groups is 2. The minimum absolute atomic E-state index is 0.204. The first-order chi connectivity index (χ1) is 17.6. The number of ether oxygens (including phenoxy) is 2. The summed E-state index contributed by atoms with van der Waals surface area (Å²) < 4.78 is 12.2. The highest BCUT2D eigenvalue weighted by atomic mass is 16.5. The molecule has 2 aliphatic rings. The summed E-state index contributed by atoms with van der Waals surface area (Å²) in [4.78, 5) is 28.6. The second kappa shape index (κ2) is 9.04. The van der Waals surface area contributed by atoms with Gasteiger partial charge in [0, 0.05) is 5.39 Å². The van der Waals surface area contributed by atoms with E-state index in [4.69, 9.17) is 19.5 Å². The Morgan fingerprint density at radius 1 is 0.722 bits per heavy atom. The van der Waals surface area contributed by atoms with E-state index in [-0.39, 0.29) is 17.9 Å². The summed E-state index contributed by atoms with van der Waals surface area (Å²) in [6, 6.07) is 30.9. The molecule has 6 nitrogen and oxygen atoms in total. The monoisotopic (exact) mass is 475 g/mol. The minimum atomic E-state index is -1.34. The standard InChI is InChI=1S/C30H25N3O3/c1-30(28-32-25(18-35-28)20-10-4-2-5-11-20,29-33-26(19-36-29)21-12-6-3-7-13-21)27(34)24-17-16-22-14-8-9-15-23(22)31-24/h2-17,25-26H,18-19H2,1H3/t25-,26-/m1/s1. The number of hydrogen-bond acceptors (Lipinski definition) is 6. The molecule has 36 heavy (non-hydrogen) atoms. The molecule has 0 aliphatic carbocycles. The molecule has 0 fully saturated rings. The second-order valence-electron chi connectivity index (χ2n) is 9.19. The molecule has 178 valence electrons. The number of hydrogen-bond donors (Lipinski definition) is 0. The van der Waals surface area contributed by atoms with Crippen LogP contribution in [0.15, 0.2) is 107 Å². The topological polar surface area (TPSA) is 73.1 Å². The number of carbonyl (C=O) groups is 1. The number of pyridine rings is 1. The molecule has 0 amide bonds. The first kappa shape index (κ1) is 22.2. The molecule has 6 rings (SSSR count). The van der Waals surface area contributed by atoms with Crippen molar-refractivity contribution in [2.45, 2.75) is 19.0 Å². The van der Waals surface area contributed by atoms with Crippen molar-refractivity contribution in [3.63, 3.8) is 0 Å². The lowest BCUT2D eigenvalue weighted by molar-refractivity contribution is 0.0895. The Labute approximate surface area is 209 Å². The van der Waals surface area contributed by atoms with Crippen LogP contribution in [-0.2, 0) is 9.47 Å². The van der Waals surface area contributed by atoms with Crippen molar-refractivity contribution in [1.82, 2.24) is 4.98 Å². The lowest BCUT2D eigenvalue weighted by Gasteiger charge is -2.26. The van der Waals surface area contributed by atoms with E-state index in [1.807, 2.05) is 91.0 Å².